The van der Waals surface area contributed by atoms with Crippen LogP contribution in [0.15, 0.2) is 58.3 Å². The Morgan fingerprint density at radius 2 is 1.31 bits per heavy atom. The van der Waals surface area contributed by atoms with Crippen molar-refractivity contribution in [3.05, 3.63) is 59.7 Å². The maximum atomic E-state index is 13.1. The van der Waals surface area contributed by atoms with E-state index in [0.717, 1.165) is 15.4 Å². The first-order chi connectivity index (χ1) is 13.4. The first-order valence-corrected chi connectivity index (χ1v) is 12.0. The lowest BCUT2D eigenvalue weighted by Crippen LogP contribution is -2.45. The molecule has 0 aromatic heterocycles. The van der Waals surface area contributed by atoms with Gasteiger partial charge in [-0.2, -0.15) is 12.7 Å². The van der Waals surface area contributed by atoms with Gasteiger partial charge in [-0.25, -0.2) is 8.42 Å². The summed E-state index contributed by atoms with van der Waals surface area (Å²) in [6, 6.07) is 11.7. The fourth-order valence-electron chi connectivity index (χ4n) is 2.67. The molecule has 0 saturated carbocycles. The highest BCUT2D eigenvalue weighted by Crippen LogP contribution is 2.21. The second-order valence-corrected chi connectivity index (χ2v) is 10.6. The standard InChI is InChI=1S/C20H27NO6S2/c1-15-5-9-19(10-6-15)28(23,24)21(13-18(4)22)17(3)14-27-29(25,26)20-11-7-16(2)8-12-20/h5-12,17-18,22H,13-14H2,1-4H3/t17-,18+/m0/s1. The second kappa shape index (κ2) is 9.36. The summed E-state index contributed by atoms with van der Waals surface area (Å²) in [4.78, 5) is 0.0655. The third-order valence-corrected chi connectivity index (χ3v) is 7.63. The Morgan fingerprint density at radius 1 is 0.862 bits per heavy atom. The molecule has 0 aliphatic rings. The van der Waals surface area contributed by atoms with E-state index in [1.54, 1.807) is 31.2 Å². The monoisotopic (exact) mass is 441 g/mol. The van der Waals surface area contributed by atoms with Crippen molar-refractivity contribution in [1.29, 1.82) is 0 Å². The highest BCUT2D eigenvalue weighted by atomic mass is 32.2. The summed E-state index contributed by atoms with van der Waals surface area (Å²) in [7, 11) is -7.99. The van der Waals surface area contributed by atoms with Crippen LogP contribution in [0.2, 0.25) is 0 Å². The average Bonchev–Trinajstić information content (AvgIpc) is 2.65. The van der Waals surface area contributed by atoms with Crippen LogP contribution in [0.1, 0.15) is 25.0 Å². The SMILES string of the molecule is Cc1ccc(S(=O)(=O)OC[C@H](C)N(C[C@@H](C)O)S(=O)(=O)c2ccc(C)cc2)cc1. The zero-order valence-corrected chi connectivity index (χ0v) is 18.6. The number of sulfonamides is 1. The number of benzene rings is 2. The van der Waals surface area contributed by atoms with Gasteiger partial charge in [0, 0.05) is 12.6 Å². The number of rotatable bonds is 9. The molecule has 2 atom stereocenters. The van der Waals surface area contributed by atoms with Gasteiger partial charge in [-0.3, -0.25) is 4.18 Å². The van der Waals surface area contributed by atoms with Gasteiger partial charge in [-0.05, 0) is 52.0 Å². The van der Waals surface area contributed by atoms with Crippen LogP contribution < -0.4 is 0 Å². The van der Waals surface area contributed by atoms with E-state index in [4.69, 9.17) is 4.18 Å². The smallest absolute Gasteiger partial charge is 0.297 e. The molecule has 0 spiro atoms. The molecular weight excluding hydrogens is 414 g/mol. The summed E-state index contributed by atoms with van der Waals surface area (Å²) in [6.07, 6.45) is -0.939. The van der Waals surface area contributed by atoms with E-state index in [1.165, 1.54) is 31.2 Å². The van der Waals surface area contributed by atoms with Crippen LogP contribution in [0.4, 0.5) is 0 Å². The Morgan fingerprint density at radius 3 is 1.76 bits per heavy atom. The Kier molecular flexibility index (Phi) is 7.58. The normalized spacial score (nSPS) is 14.7. The quantitative estimate of drug-likeness (QED) is 0.600. The molecule has 7 nitrogen and oxygen atoms in total. The fraction of sp³-hybridized carbons (Fsp3) is 0.400. The van der Waals surface area contributed by atoms with Crippen molar-refractivity contribution >= 4 is 20.1 Å². The number of hydrogen-bond donors (Lipinski definition) is 1. The largest absolute Gasteiger partial charge is 0.392 e. The molecule has 0 unspecified atom stereocenters. The number of aryl methyl sites for hydroxylation is 2. The van der Waals surface area contributed by atoms with Crippen molar-refractivity contribution in [2.45, 2.75) is 49.6 Å². The first kappa shape index (κ1) is 23.5. The minimum absolute atomic E-state index is 0.00114. The van der Waals surface area contributed by atoms with Crippen molar-refractivity contribution in [2.75, 3.05) is 13.2 Å². The van der Waals surface area contributed by atoms with Crippen LogP contribution in [-0.2, 0) is 24.3 Å². The van der Waals surface area contributed by atoms with Crippen LogP contribution in [0.25, 0.3) is 0 Å². The fourth-order valence-corrected chi connectivity index (χ4v) is 5.34. The molecule has 0 aliphatic carbocycles. The van der Waals surface area contributed by atoms with E-state index in [1.807, 2.05) is 13.8 Å². The van der Waals surface area contributed by atoms with Gasteiger partial charge in [0.25, 0.3) is 10.1 Å². The van der Waals surface area contributed by atoms with Gasteiger partial charge in [0.1, 0.15) is 0 Å². The van der Waals surface area contributed by atoms with Crippen LogP contribution in [0, 0.1) is 13.8 Å². The van der Waals surface area contributed by atoms with E-state index in [0.29, 0.717) is 0 Å². The van der Waals surface area contributed by atoms with Gasteiger partial charge >= 0.3 is 0 Å². The Bertz CT molecular complexity index is 1010. The molecule has 1 N–H and O–H groups in total. The molecular formula is C20H27NO6S2. The lowest BCUT2D eigenvalue weighted by Gasteiger charge is -2.29. The Balaban J connectivity index is 2.23. The molecule has 0 radical (unpaired) electrons. The van der Waals surface area contributed by atoms with Gasteiger partial charge < -0.3 is 5.11 Å². The van der Waals surface area contributed by atoms with E-state index in [-0.39, 0.29) is 22.9 Å². The lowest BCUT2D eigenvalue weighted by atomic mass is 10.2. The highest BCUT2D eigenvalue weighted by molar-refractivity contribution is 7.89. The van der Waals surface area contributed by atoms with Crippen molar-refractivity contribution in [3.63, 3.8) is 0 Å². The number of hydrogen-bond acceptors (Lipinski definition) is 6. The molecule has 2 aromatic rings. The lowest BCUT2D eigenvalue weighted by molar-refractivity contribution is 0.134. The maximum absolute atomic E-state index is 13.1. The molecule has 2 aromatic carbocycles. The van der Waals surface area contributed by atoms with E-state index < -0.39 is 32.3 Å². The summed E-state index contributed by atoms with van der Waals surface area (Å²) in [6.45, 7) is 6.12. The number of nitrogens with zero attached hydrogens (tertiary/aromatic N) is 1. The number of aliphatic hydroxyl groups is 1. The predicted molar refractivity (Wildman–Crippen MR) is 111 cm³/mol. The molecule has 0 amide bonds. The van der Waals surface area contributed by atoms with E-state index in [9.17, 15) is 21.9 Å². The molecule has 0 fully saturated rings. The van der Waals surface area contributed by atoms with Gasteiger partial charge in [0.05, 0.1) is 22.5 Å². The van der Waals surface area contributed by atoms with E-state index in [2.05, 4.69) is 0 Å². The van der Waals surface area contributed by atoms with Crippen molar-refractivity contribution in [2.24, 2.45) is 0 Å². The molecule has 160 valence electrons. The third-order valence-electron chi connectivity index (χ3n) is 4.34. The van der Waals surface area contributed by atoms with Gasteiger partial charge in [-0.15, -0.1) is 0 Å². The summed E-state index contributed by atoms with van der Waals surface area (Å²) in [5.41, 5.74) is 1.82. The van der Waals surface area contributed by atoms with Gasteiger partial charge in [-0.1, -0.05) is 35.4 Å². The molecule has 0 saturated heterocycles. The topological polar surface area (TPSA) is 101 Å². The maximum Gasteiger partial charge on any atom is 0.297 e. The van der Waals surface area contributed by atoms with E-state index >= 15 is 0 Å². The van der Waals surface area contributed by atoms with Crippen LogP contribution >= 0.6 is 0 Å². The predicted octanol–water partition coefficient (Wildman–Crippen LogP) is 2.47. The van der Waals surface area contributed by atoms with Crippen LogP contribution in [0.5, 0.6) is 0 Å². The Labute approximate surface area is 173 Å². The molecule has 29 heavy (non-hydrogen) atoms. The van der Waals surface area contributed by atoms with Gasteiger partial charge in [0.15, 0.2) is 0 Å². The summed E-state index contributed by atoms with van der Waals surface area (Å²) in [5.74, 6) is 0. The first-order valence-electron chi connectivity index (χ1n) is 9.16. The summed E-state index contributed by atoms with van der Waals surface area (Å²) < 4.78 is 57.1. The molecule has 0 heterocycles. The number of aliphatic hydroxyl groups excluding tert-OH is 1. The van der Waals surface area contributed by atoms with Crippen LogP contribution in [-0.4, -0.2) is 51.5 Å². The van der Waals surface area contributed by atoms with Gasteiger partial charge in [0.2, 0.25) is 10.0 Å². The molecule has 9 heteroatoms. The zero-order valence-electron chi connectivity index (χ0n) is 16.9. The summed E-state index contributed by atoms with van der Waals surface area (Å²) in [5, 5.41) is 9.79. The van der Waals surface area contributed by atoms with Crippen molar-refractivity contribution in [3.8, 4) is 0 Å². The zero-order chi connectivity index (χ0) is 21.8. The third kappa shape index (κ3) is 6.10. The minimum Gasteiger partial charge on any atom is -0.392 e. The Hall–Kier alpha value is -1.78. The molecule has 0 aliphatic heterocycles. The average molecular weight is 442 g/mol. The second-order valence-electron chi connectivity index (χ2n) is 7.14. The van der Waals surface area contributed by atoms with Crippen molar-refractivity contribution < 1.29 is 26.1 Å². The molecule has 2 rings (SSSR count). The summed E-state index contributed by atoms with van der Waals surface area (Å²) >= 11 is 0. The highest BCUT2D eigenvalue weighted by Gasteiger charge is 2.31. The van der Waals surface area contributed by atoms with Crippen LogP contribution in [0.3, 0.4) is 0 Å². The van der Waals surface area contributed by atoms with Crippen molar-refractivity contribution in [1.82, 2.24) is 4.31 Å². The molecule has 0 bridgehead atoms. The minimum atomic E-state index is -4.03.